The Morgan fingerprint density at radius 3 is 2.48 bits per heavy atom. The number of aryl methyl sites for hydroxylation is 1. The first-order valence-electron chi connectivity index (χ1n) is 6.90. The first kappa shape index (κ1) is 13.5. The Bertz CT molecular complexity index is 800. The summed E-state index contributed by atoms with van der Waals surface area (Å²) in [6.07, 6.45) is 0.285. The van der Waals surface area contributed by atoms with Crippen molar-refractivity contribution in [3.8, 4) is 0 Å². The topological polar surface area (TPSA) is 17.1 Å². The Morgan fingerprint density at radius 1 is 0.952 bits per heavy atom. The molecule has 0 saturated heterocycles. The molecule has 0 N–H and O–H groups in total. The largest absolute Gasteiger partial charge is 0.294 e. The molecule has 3 rings (SSSR count). The van der Waals surface area contributed by atoms with Gasteiger partial charge in [0.25, 0.3) is 0 Å². The maximum Gasteiger partial charge on any atom is 0.167 e. The second-order valence-electron chi connectivity index (χ2n) is 5.30. The molecule has 0 radical (unpaired) electrons. The molecular formula is C19H15FO. The number of hydrogen-bond acceptors (Lipinski definition) is 1. The average Bonchev–Trinajstić information content (AvgIpc) is 2.46. The number of fused-ring (bicyclic) bond motifs is 1. The van der Waals surface area contributed by atoms with Crippen LogP contribution in [0.25, 0.3) is 10.8 Å². The van der Waals surface area contributed by atoms with Gasteiger partial charge in [0.05, 0.1) is 0 Å². The van der Waals surface area contributed by atoms with Crippen molar-refractivity contribution in [2.24, 2.45) is 0 Å². The molecule has 0 amide bonds. The Balaban J connectivity index is 1.88. The van der Waals surface area contributed by atoms with Gasteiger partial charge in [0.15, 0.2) is 5.78 Å². The lowest BCUT2D eigenvalue weighted by Crippen LogP contribution is -2.04. The zero-order valence-corrected chi connectivity index (χ0v) is 11.8. The molecular weight excluding hydrogens is 263 g/mol. The van der Waals surface area contributed by atoms with Crippen LogP contribution < -0.4 is 0 Å². The summed E-state index contributed by atoms with van der Waals surface area (Å²) >= 11 is 0. The fourth-order valence-corrected chi connectivity index (χ4v) is 2.53. The van der Waals surface area contributed by atoms with Crippen LogP contribution in [0.4, 0.5) is 4.39 Å². The van der Waals surface area contributed by atoms with Gasteiger partial charge in [-0.2, -0.15) is 0 Å². The van der Waals surface area contributed by atoms with Crippen LogP contribution in [0.2, 0.25) is 0 Å². The molecule has 104 valence electrons. The minimum Gasteiger partial charge on any atom is -0.294 e. The molecule has 1 nitrogen and oxygen atoms in total. The van der Waals surface area contributed by atoms with Gasteiger partial charge in [-0.15, -0.1) is 0 Å². The highest BCUT2D eigenvalue weighted by molar-refractivity contribution is 5.98. The van der Waals surface area contributed by atoms with E-state index in [-0.39, 0.29) is 18.0 Å². The smallest absolute Gasteiger partial charge is 0.167 e. The van der Waals surface area contributed by atoms with E-state index < -0.39 is 0 Å². The summed E-state index contributed by atoms with van der Waals surface area (Å²) in [5.41, 5.74) is 2.14. The van der Waals surface area contributed by atoms with Gasteiger partial charge < -0.3 is 0 Å². The first-order valence-corrected chi connectivity index (χ1v) is 6.90. The van der Waals surface area contributed by atoms with E-state index in [2.05, 4.69) is 0 Å². The molecule has 0 heterocycles. The predicted octanol–water partition coefficient (Wildman–Crippen LogP) is 4.71. The summed E-state index contributed by atoms with van der Waals surface area (Å²) in [5, 5.41) is 2.26. The van der Waals surface area contributed by atoms with Crippen molar-refractivity contribution >= 4 is 16.6 Å². The molecule has 0 unspecified atom stereocenters. The first-order chi connectivity index (χ1) is 10.1. The monoisotopic (exact) mass is 278 g/mol. The Kier molecular flexibility index (Phi) is 3.53. The van der Waals surface area contributed by atoms with E-state index in [0.717, 1.165) is 21.9 Å². The highest BCUT2D eigenvalue weighted by atomic mass is 19.1. The van der Waals surface area contributed by atoms with Crippen LogP contribution in [0, 0.1) is 12.7 Å². The third kappa shape index (κ3) is 3.00. The lowest BCUT2D eigenvalue weighted by atomic mass is 9.99. The summed E-state index contributed by atoms with van der Waals surface area (Å²) in [4.78, 5) is 12.3. The molecule has 0 aliphatic rings. The third-order valence-electron chi connectivity index (χ3n) is 3.54. The van der Waals surface area contributed by atoms with Gasteiger partial charge in [-0.3, -0.25) is 4.79 Å². The van der Waals surface area contributed by atoms with Crippen LogP contribution in [0.15, 0.2) is 60.7 Å². The van der Waals surface area contributed by atoms with E-state index in [4.69, 9.17) is 0 Å². The Morgan fingerprint density at radius 2 is 1.71 bits per heavy atom. The van der Waals surface area contributed by atoms with Gasteiger partial charge in [0, 0.05) is 12.0 Å². The van der Waals surface area contributed by atoms with Gasteiger partial charge >= 0.3 is 0 Å². The molecule has 21 heavy (non-hydrogen) atoms. The van der Waals surface area contributed by atoms with Gasteiger partial charge in [0.2, 0.25) is 0 Å². The number of carbonyl (C=O) groups is 1. The van der Waals surface area contributed by atoms with E-state index in [0.29, 0.717) is 5.56 Å². The summed E-state index contributed by atoms with van der Waals surface area (Å²) in [6.45, 7) is 1.79. The quantitative estimate of drug-likeness (QED) is 0.634. The SMILES string of the molecule is Cc1cc(F)cc(C(=O)Cc2ccc3ccccc3c2)c1. The molecule has 0 spiro atoms. The van der Waals surface area contributed by atoms with Gasteiger partial charge in [0.1, 0.15) is 5.82 Å². The molecule has 0 bridgehead atoms. The summed E-state index contributed by atoms with van der Waals surface area (Å²) < 4.78 is 13.4. The van der Waals surface area contributed by atoms with Crippen LogP contribution >= 0.6 is 0 Å². The van der Waals surface area contributed by atoms with E-state index in [1.165, 1.54) is 12.1 Å². The van der Waals surface area contributed by atoms with Crippen LogP contribution in [-0.2, 0) is 6.42 Å². The molecule has 0 aliphatic carbocycles. The zero-order chi connectivity index (χ0) is 14.8. The highest BCUT2D eigenvalue weighted by Crippen LogP contribution is 2.18. The molecule has 0 fully saturated rings. The number of carbonyl (C=O) groups excluding carboxylic acids is 1. The number of halogens is 1. The fourth-order valence-electron chi connectivity index (χ4n) is 2.53. The van der Waals surface area contributed by atoms with Gasteiger partial charge in [-0.1, -0.05) is 42.5 Å². The van der Waals surface area contributed by atoms with Crippen molar-refractivity contribution < 1.29 is 9.18 Å². The van der Waals surface area contributed by atoms with Gasteiger partial charge in [-0.05, 0) is 47.0 Å². The number of rotatable bonds is 3. The molecule has 2 heteroatoms. The van der Waals surface area contributed by atoms with E-state index >= 15 is 0 Å². The predicted molar refractivity (Wildman–Crippen MR) is 83.1 cm³/mol. The summed E-state index contributed by atoms with van der Waals surface area (Å²) in [7, 11) is 0. The molecule has 0 saturated carbocycles. The van der Waals surface area contributed by atoms with Crippen molar-refractivity contribution in [1.29, 1.82) is 0 Å². The number of ketones is 1. The lowest BCUT2D eigenvalue weighted by molar-refractivity contribution is 0.0992. The third-order valence-corrected chi connectivity index (χ3v) is 3.54. The molecule has 3 aromatic rings. The van der Waals surface area contributed by atoms with Crippen LogP contribution in [0.3, 0.4) is 0 Å². The maximum absolute atomic E-state index is 13.4. The molecule has 3 aromatic carbocycles. The van der Waals surface area contributed by atoms with Crippen molar-refractivity contribution in [3.05, 3.63) is 83.2 Å². The van der Waals surface area contributed by atoms with Crippen LogP contribution in [-0.4, -0.2) is 5.78 Å². The highest BCUT2D eigenvalue weighted by Gasteiger charge is 2.09. The van der Waals surface area contributed by atoms with Crippen molar-refractivity contribution in [2.75, 3.05) is 0 Å². The van der Waals surface area contributed by atoms with E-state index in [1.807, 2.05) is 42.5 Å². The number of hydrogen-bond donors (Lipinski definition) is 0. The Labute approximate surface area is 123 Å². The second kappa shape index (κ2) is 5.49. The molecule has 0 aromatic heterocycles. The average molecular weight is 278 g/mol. The van der Waals surface area contributed by atoms with Crippen molar-refractivity contribution in [3.63, 3.8) is 0 Å². The zero-order valence-electron chi connectivity index (χ0n) is 11.8. The van der Waals surface area contributed by atoms with Crippen LogP contribution in [0.1, 0.15) is 21.5 Å². The van der Waals surface area contributed by atoms with Crippen molar-refractivity contribution in [2.45, 2.75) is 13.3 Å². The van der Waals surface area contributed by atoms with E-state index in [1.54, 1.807) is 13.0 Å². The second-order valence-corrected chi connectivity index (χ2v) is 5.30. The molecule has 0 atom stereocenters. The van der Waals surface area contributed by atoms with Crippen molar-refractivity contribution in [1.82, 2.24) is 0 Å². The minimum absolute atomic E-state index is 0.0621. The maximum atomic E-state index is 13.4. The fraction of sp³-hybridized carbons (Fsp3) is 0.105. The minimum atomic E-state index is -0.364. The Hall–Kier alpha value is -2.48. The summed E-state index contributed by atoms with van der Waals surface area (Å²) in [6, 6.07) is 18.5. The van der Waals surface area contributed by atoms with E-state index in [9.17, 15) is 9.18 Å². The van der Waals surface area contributed by atoms with Gasteiger partial charge in [-0.25, -0.2) is 4.39 Å². The lowest BCUT2D eigenvalue weighted by Gasteiger charge is -2.05. The normalized spacial score (nSPS) is 10.8. The summed E-state index contributed by atoms with van der Waals surface area (Å²) in [5.74, 6) is -0.426. The standard InChI is InChI=1S/C19H15FO/c1-13-8-17(12-18(20)9-13)19(21)11-14-6-7-15-4-2-3-5-16(15)10-14/h2-10,12H,11H2,1H3. The molecule has 0 aliphatic heterocycles. The van der Waals surface area contributed by atoms with Crippen LogP contribution in [0.5, 0.6) is 0 Å². The number of Topliss-reactive ketones (excluding diaryl/α,β-unsaturated/α-hetero) is 1. The number of benzene rings is 3.